The van der Waals surface area contributed by atoms with Gasteiger partial charge in [-0.15, -0.1) is 0 Å². The van der Waals surface area contributed by atoms with Gasteiger partial charge in [-0.05, 0) is 25.7 Å². The van der Waals surface area contributed by atoms with Crippen LogP contribution < -0.4 is 0 Å². The van der Waals surface area contributed by atoms with Gasteiger partial charge < -0.3 is 5.11 Å². The molecule has 2 heteroatoms. The van der Waals surface area contributed by atoms with E-state index in [9.17, 15) is 9.90 Å². The van der Waals surface area contributed by atoms with Gasteiger partial charge in [0, 0.05) is 12.0 Å². The minimum atomic E-state index is 0.0341. The third-order valence-electron chi connectivity index (χ3n) is 2.32. The molecule has 0 bridgehead atoms. The number of carbonyl (C=O) groups excluding carboxylic acids is 1. The third-order valence-corrected chi connectivity index (χ3v) is 2.32. The second-order valence-corrected chi connectivity index (χ2v) is 3.06. The zero-order valence-corrected chi connectivity index (χ0v) is 7.05. The predicted octanol–water partition coefficient (Wildman–Crippen LogP) is 2.21. The number of hydrogen-bond acceptors (Lipinski definition) is 2. The fourth-order valence-corrected chi connectivity index (χ4v) is 1.72. The van der Waals surface area contributed by atoms with Crippen LogP contribution in [-0.4, -0.2) is 10.9 Å². The summed E-state index contributed by atoms with van der Waals surface area (Å²) < 4.78 is 0. The van der Waals surface area contributed by atoms with Crippen LogP contribution in [0.1, 0.15) is 33.1 Å². The Labute approximate surface area is 66.9 Å². The minimum absolute atomic E-state index is 0.0341. The van der Waals surface area contributed by atoms with Crippen LogP contribution in [0.3, 0.4) is 0 Å². The number of rotatable bonds is 2. The maximum Gasteiger partial charge on any atom is 0.159 e. The summed E-state index contributed by atoms with van der Waals surface area (Å²) in [6, 6.07) is 0. The van der Waals surface area contributed by atoms with Crippen molar-refractivity contribution < 1.29 is 9.90 Å². The number of carbonyl (C=O) groups is 1. The van der Waals surface area contributed by atoms with Crippen molar-refractivity contribution >= 4 is 5.78 Å². The molecule has 62 valence electrons. The topological polar surface area (TPSA) is 37.3 Å². The first-order valence-corrected chi connectivity index (χ1v) is 4.09. The van der Waals surface area contributed by atoms with Gasteiger partial charge in [0.25, 0.3) is 0 Å². The van der Waals surface area contributed by atoms with Crippen molar-refractivity contribution in [3.05, 3.63) is 11.3 Å². The Bertz CT molecular complexity index is 204. The molecular weight excluding hydrogens is 140 g/mol. The summed E-state index contributed by atoms with van der Waals surface area (Å²) in [6.45, 7) is 3.58. The zero-order valence-electron chi connectivity index (χ0n) is 7.05. The first kappa shape index (κ1) is 8.31. The van der Waals surface area contributed by atoms with E-state index in [1.165, 1.54) is 6.92 Å². The lowest BCUT2D eigenvalue weighted by Crippen LogP contribution is -2.06. The van der Waals surface area contributed by atoms with E-state index in [0.717, 1.165) is 12.8 Å². The van der Waals surface area contributed by atoms with Crippen LogP contribution in [0.25, 0.3) is 0 Å². The molecule has 0 aromatic carbocycles. The van der Waals surface area contributed by atoms with Gasteiger partial charge in [-0.3, -0.25) is 4.79 Å². The molecule has 1 atom stereocenters. The van der Waals surface area contributed by atoms with Gasteiger partial charge in [-0.1, -0.05) is 6.92 Å². The highest BCUT2D eigenvalue weighted by Crippen LogP contribution is 2.32. The lowest BCUT2D eigenvalue weighted by Gasteiger charge is -2.07. The van der Waals surface area contributed by atoms with Gasteiger partial charge in [0.1, 0.15) is 0 Å². The lowest BCUT2D eigenvalue weighted by molar-refractivity contribution is -0.114. The van der Waals surface area contributed by atoms with Crippen LogP contribution >= 0.6 is 0 Å². The summed E-state index contributed by atoms with van der Waals surface area (Å²) in [7, 11) is 0. The Kier molecular flexibility index (Phi) is 2.32. The first-order valence-electron chi connectivity index (χ1n) is 4.09. The Balaban J connectivity index is 2.84. The molecule has 1 rings (SSSR count). The smallest absolute Gasteiger partial charge is 0.159 e. The molecule has 0 aliphatic heterocycles. The Morgan fingerprint density at radius 3 is 2.73 bits per heavy atom. The molecule has 0 spiro atoms. The standard InChI is InChI=1S/C9H14O2/c1-3-7-4-5-8(11)9(7)6(2)10/h7,11H,3-5H2,1-2H3. The SMILES string of the molecule is CCC1CCC(O)=C1C(C)=O. The van der Waals surface area contributed by atoms with Crippen LogP contribution in [0, 0.1) is 5.92 Å². The monoisotopic (exact) mass is 154 g/mol. The van der Waals surface area contributed by atoms with E-state index in [1.54, 1.807) is 0 Å². The van der Waals surface area contributed by atoms with Crippen LogP contribution in [0.15, 0.2) is 11.3 Å². The molecule has 1 unspecified atom stereocenters. The van der Waals surface area contributed by atoms with E-state index < -0.39 is 0 Å². The number of Topliss-reactive ketones (excluding diaryl/α,β-unsaturated/α-hetero) is 1. The molecule has 1 aliphatic rings. The summed E-state index contributed by atoms with van der Waals surface area (Å²) >= 11 is 0. The molecule has 0 amide bonds. The average Bonchev–Trinajstić information content (AvgIpc) is 2.30. The summed E-state index contributed by atoms with van der Waals surface area (Å²) in [5, 5.41) is 9.32. The fourth-order valence-electron chi connectivity index (χ4n) is 1.72. The zero-order chi connectivity index (χ0) is 8.43. The Morgan fingerprint density at radius 2 is 2.36 bits per heavy atom. The van der Waals surface area contributed by atoms with Crippen LogP contribution in [-0.2, 0) is 4.79 Å². The number of hydrogen-bond donors (Lipinski definition) is 1. The van der Waals surface area contributed by atoms with Crippen molar-refractivity contribution in [2.45, 2.75) is 33.1 Å². The minimum Gasteiger partial charge on any atom is -0.512 e. The second kappa shape index (κ2) is 3.07. The first-order chi connectivity index (χ1) is 5.16. The molecule has 0 saturated heterocycles. The van der Waals surface area contributed by atoms with Crippen molar-refractivity contribution in [1.29, 1.82) is 0 Å². The molecule has 1 aliphatic carbocycles. The molecule has 2 nitrogen and oxygen atoms in total. The molecule has 1 N–H and O–H groups in total. The summed E-state index contributed by atoms with van der Waals surface area (Å²) in [6.07, 6.45) is 2.59. The number of allylic oxidation sites excluding steroid dienone is 2. The average molecular weight is 154 g/mol. The van der Waals surface area contributed by atoms with E-state index in [0.29, 0.717) is 23.7 Å². The fraction of sp³-hybridized carbons (Fsp3) is 0.667. The summed E-state index contributed by atoms with van der Waals surface area (Å²) in [5.74, 6) is 0.670. The molecule has 0 saturated carbocycles. The molecule has 0 fully saturated rings. The Morgan fingerprint density at radius 1 is 1.73 bits per heavy atom. The maximum absolute atomic E-state index is 11.0. The van der Waals surface area contributed by atoms with Crippen molar-refractivity contribution in [1.82, 2.24) is 0 Å². The van der Waals surface area contributed by atoms with Gasteiger partial charge in [0.15, 0.2) is 5.78 Å². The van der Waals surface area contributed by atoms with E-state index in [1.807, 2.05) is 6.92 Å². The highest BCUT2D eigenvalue weighted by Gasteiger charge is 2.26. The van der Waals surface area contributed by atoms with E-state index in [2.05, 4.69) is 0 Å². The molecular formula is C9H14O2. The number of ketones is 1. The molecule has 0 radical (unpaired) electrons. The van der Waals surface area contributed by atoms with Crippen LogP contribution in [0.2, 0.25) is 0 Å². The van der Waals surface area contributed by atoms with E-state index >= 15 is 0 Å². The van der Waals surface area contributed by atoms with Gasteiger partial charge in [-0.25, -0.2) is 0 Å². The lowest BCUT2D eigenvalue weighted by atomic mass is 9.96. The summed E-state index contributed by atoms with van der Waals surface area (Å²) in [5.41, 5.74) is 0.674. The van der Waals surface area contributed by atoms with E-state index in [4.69, 9.17) is 0 Å². The molecule has 0 heterocycles. The number of aliphatic hydroxyl groups excluding tert-OH is 1. The van der Waals surface area contributed by atoms with Crippen LogP contribution in [0.5, 0.6) is 0 Å². The van der Waals surface area contributed by atoms with Crippen molar-refractivity contribution in [3.8, 4) is 0 Å². The molecule has 11 heavy (non-hydrogen) atoms. The highest BCUT2D eigenvalue weighted by atomic mass is 16.3. The highest BCUT2D eigenvalue weighted by molar-refractivity contribution is 5.94. The van der Waals surface area contributed by atoms with Crippen molar-refractivity contribution in [2.75, 3.05) is 0 Å². The maximum atomic E-state index is 11.0. The second-order valence-electron chi connectivity index (χ2n) is 3.06. The van der Waals surface area contributed by atoms with Gasteiger partial charge in [0.05, 0.1) is 5.76 Å². The van der Waals surface area contributed by atoms with Gasteiger partial charge >= 0.3 is 0 Å². The predicted molar refractivity (Wildman–Crippen MR) is 43.4 cm³/mol. The van der Waals surface area contributed by atoms with Gasteiger partial charge in [0.2, 0.25) is 0 Å². The molecule has 0 aromatic heterocycles. The number of aliphatic hydroxyl groups is 1. The normalized spacial score (nSPS) is 24.4. The van der Waals surface area contributed by atoms with Crippen molar-refractivity contribution in [3.63, 3.8) is 0 Å². The molecule has 0 aromatic rings. The van der Waals surface area contributed by atoms with E-state index in [-0.39, 0.29) is 5.78 Å². The van der Waals surface area contributed by atoms with Crippen molar-refractivity contribution in [2.24, 2.45) is 5.92 Å². The quantitative estimate of drug-likeness (QED) is 0.662. The Hall–Kier alpha value is -0.790. The van der Waals surface area contributed by atoms with Crippen LogP contribution in [0.4, 0.5) is 0 Å². The third kappa shape index (κ3) is 1.44. The van der Waals surface area contributed by atoms with Gasteiger partial charge in [-0.2, -0.15) is 0 Å². The summed E-state index contributed by atoms with van der Waals surface area (Å²) in [4.78, 5) is 11.0. The largest absolute Gasteiger partial charge is 0.512 e.